The number of anilines is 1. The molecular formula is C18H20FN3O3. The number of aryl methyl sites for hydroxylation is 2. The molecule has 1 heterocycles. The fourth-order valence-electron chi connectivity index (χ4n) is 2.25. The summed E-state index contributed by atoms with van der Waals surface area (Å²) in [6, 6.07) is 5.77. The van der Waals surface area contributed by atoms with Gasteiger partial charge in [0.1, 0.15) is 5.82 Å². The molecule has 0 saturated heterocycles. The van der Waals surface area contributed by atoms with Crippen molar-refractivity contribution < 1.29 is 18.7 Å². The SMILES string of the molecule is Cc1nn(C)c(C)c1/C=C/C(=O)O[C@@H](C)C(=O)Nc1ccccc1F. The van der Waals surface area contributed by atoms with Gasteiger partial charge in [-0.15, -0.1) is 0 Å². The Morgan fingerprint density at radius 2 is 2.00 bits per heavy atom. The van der Waals surface area contributed by atoms with Gasteiger partial charge in [-0.05, 0) is 39.0 Å². The van der Waals surface area contributed by atoms with Gasteiger partial charge in [0.05, 0.1) is 11.4 Å². The molecule has 6 nitrogen and oxygen atoms in total. The van der Waals surface area contributed by atoms with Crippen molar-refractivity contribution in [1.29, 1.82) is 0 Å². The highest BCUT2D eigenvalue weighted by atomic mass is 19.1. The first-order chi connectivity index (χ1) is 11.8. The summed E-state index contributed by atoms with van der Waals surface area (Å²) < 4.78 is 20.3. The van der Waals surface area contributed by atoms with Crippen LogP contribution in [-0.2, 0) is 21.4 Å². The topological polar surface area (TPSA) is 73.2 Å². The maximum atomic E-state index is 13.5. The summed E-state index contributed by atoms with van der Waals surface area (Å²) >= 11 is 0. The van der Waals surface area contributed by atoms with E-state index in [-0.39, 0.29) is 5.69 Å². The number of nitrogens with one attached hydrogen (secondary N) is 1. The maximum Gasteiger partial charge on any atom is 0.331 e. The lowest BCUT2D eigenvalue weighted by molar-refractivity contribution is -0.148. The molecule has 25 heavy (non-hydrogen) atoms. The molecule has 0 unspecified atom stereocenters. The van der Waals surface area contributed by atoms with Crippen LogP contribution < -0.4 is 5.32 Å². The lowest BCUT2D eigenvalue weighted by atomic mass is 10.2. The summed E-state index contributed by atoms with van der Waals surface area (Å²) in [5.74, 6) is -1.84. The van der Waals surface area contributed by atoms with Crippen LogP contribution in [0, 0.1) is 19.7 Å². The monoisotopic (exact) mass is 345 g/mol. The third-order valence-electron chi connectivity index (χ3n) is 3.74. The smallest absolute Gasteiger partial charge is 0.331 e. The van der Waals surface area contributed by atoms with Crippen LogP contribution in [-0.4, -0.2) is 27.8 Å². The Morgan fingerprint density at radius 1 is 1.32 bits per heavy atom. The van der Waals surface area contributed by atoms with Gasteiger partial charge in [-0.1, -0.05) is 12.1 Å². The van der Waals surface area contributed by atoms with Gasteiger partial charge in [-0.3, -0.25) is 9.48 Å². The Hall–Kier alpha value is -2.96. The van der Waals surface area contributed by atoms with E-state index in [2.05, 4.69) is 10.4 Å². The first kappa shape index (κ1) is 18.4. The lowest BCUT2D eigenvalue weighted by Crippen LogP contribution is -2.29. The highest BCUT2D eigenvalue weighted by molar-refractivity contribution is 5.96. The number of aromatic nitrogens is 2. The van der Waals surface area contributed by atoms with Gasteiger partial charge in [0.25, 0.3) is 5.91 Å². The first-order valence-corrected chi connectivity index (χ1v) is 7.74. The Morgan fingerprint density at radius 3 is 2.60 bits per heavy atom. The van der Waals surface area contributed by atoms with Crippen molar-refractivity contribution in [1.82, 2.24) is 9.78 Å². The van der Waals surface area contributed by atoms with Gasteiger partial charge >= 0.3 is 5.97 Å². The fourth-order valence-corrected chi connectivity index (χ4v) is 2.25. The average molecular weight is 345 g/mol. The van der Waals surface area contributed by atoms with Gasteiger partial charge < -0.3 is 10.1 Å². The third kappa shape index (κ3) is 4.53. The van der Waals surface area contributed by atoms with E-state index in [1.807, 2.05) is 20.9 Å². The number of esters is 1. The number of amides is 1. The van der Waals surface area contributed by atoms with E-state index in [4.69, 9.17) is 4.74 Å². The van der Waals surface area contributed by atoms with Crippen LogP contribution in [0.1, 0.15) is 23.9 Å². The van der Waals surface area contributed by atoms with E-state index in [1.54, 1.807) is 16.8 Å². The first-order valence-electron chi connectivity index (χ1n) is 7.74. The average Bonchev–Trinajstić information content (AvgIpc) is 2.80. The molecule has 7 heteroatoms. The minimum absolute atomic E-state index is 0.0348. The lowest BCUT2D eigenvalue weighted by Gasteiger charge is -2.12. The van der Waals surface area contributed by atoms with E-state index >= 15 is 0 Å². The number of rotatable bonds is 5. The maximum absolute atomic E-state index is 13.5. The molecule has 0 saturated carbocycles. The number of hydrogen-bond acceptors (Lipinski definition) is 4. The number of para-hydroxylation sites is 1. The van der Waals surface area contributed by atoms with Gasteiger partial charge in [-0.2, -0.15) is 5.10 Å². The van der Waals surface area contributed by atoms with Crippen LogP contribution in [0.5, 0.6) is 0 Å². The van der Waals surface area contributed by atoms with Crippen LogP contribution in [0.15, 0.2) is 30.3 Å². The van der Waals surface area contributed by atoms with Gasteiger partial charge in [0.15, 0.2) is 6.10 Å². The van der Waals surface area contributed by atoms with E-state index in [1.165, 1.54) is 31.2 Å². The normalized spacial score (nSPS) is 12.2. The summed E-state index contributed by atoms with van der Waals surface area (Å²) in [6.07, 6.45) is 1.78. The highest BCUT2D eigenvalue weighted by Gasteiger charge is 2.18. The van der Waals surface area contributed by atoms with Gasteiger partial charge in [0, 0.05) is 24.4 Å². The van der Waals surface area contributed by atoms with Crippen LogP contribution in [0.2, 0.25) is 0 Å². The second kappa shape index (κ2) is 7.74. The van der Waals surface area contributed by atoms with Crippen molar-refractivity contribution in [3.63, 3.8) is 0 Å². The Bertz CT molecular complexity index is 827. The molecule has 0 bridgehead atoms. The Kier molecular flexibility index (Phi) is 5.69. The predicted octanol–water partition coefficient (Wildman–Crippen LogP) is 2.76. The second-order valence-corrected chi connectivity index (χ2v) is 5.59. The van der Waals surface area contributed by atoms with E-state index in [0.29, 0.717) is 0 Å². The van der Waals surface area contributed by atoms with Crippen molar-refractivity contribution >= 4 is 23.6 Å². The quantitative estimate of drug-likeness (QED) is 0.668. The molecule has 0 fully saturated rings. The van der Waals surface area contributed by atoms with Crippen LogP contribution in [0.3, 0.4) is 0 Å². The van der Waals surface area contributed by atoms with Crippen LogP contribution in [0.4, 0.5) is 10.1 Å². The van der Waals surface area contributed by atoms with Crippen molar-refractivity contribution in [3.8, 4) is 0 Å². The largest absolute Gasteiger partial charge is 0.449 e. The van der Waals surface area contributed by atoms with Crippen molar-refractivity contribution in [3.05, 3.63) is 53.1 Å². The molecule has 0 spiro atoms. The summed E-state index contributed by atoms with van der Waals surface area (Å²) in [7, 11) is 1.81. The van der Waals surface area contributed by atoms with Gasteiger partial charge in [-0.25, -0.2) is 9.18 Å². The van der Waals surface area contributed by atoms with Crippen LogP contribution in [0.25, 0.3) is 6.08 Å². The molecule has 1 atom stereocenters. The van der Waals surface area contributed by atoms with Crippen molar-refractivity contribution in [2.75, 3.05) is 5.32 Å². The molecule has 1 amide bonds. The molecule has 0 radical (unpaired) electrons. The zero-order chi connectivity index (χ0) is 18.6. The fraction of sp³-hybridized carbons (Fsp3) is 0.278. The Labute approximate surface area is 145 Å². The standard InChI is InChI=1S/C18H20FN3O3/c1-11-14(12(2)22(4)21-11)9-10-17(23)25-13(3)18(24)20-16-8-6-5-7-15(16)19/h5-10,13H,1-4H3,(H,20,24)/b10-9+/t13-/m0/s1. The molecule has 1 aromatic carbocycles. The van der Waals surface area contributed by atoms with Crippen molar-refractivity contribution in [2.24, 2.45) is 7.05 Å². The molecule has 132 valence electrons. The second-order valence-electron chi connectivity index (χ2n) is 5.59. The molecule has 0 aliphatic heterocycles. The van der Waals surface area contributed by atoms with E-state index in [9.17, 15) is 14.0 Å². The number of carbonyl (C=O) groups is 2. The Balaban J connectivity index is 1.96. The minimum Gasteiger partial charge on any atom is -0.449 e. The molecule has 0 aliphatic carbocycles. The predicted molar refractivity (Wildman–Crippen MR) is 92.3 cm³/mol. The molecule has 2 aromatic rings. The summed E-state index contributed by atoms with van der Waals surface area (Å²) in [4.78, 5) is 23.9. The molecular weight excluding hydrogens is 325 g/mol. The van der Waals surface area contributed by atoms with Crippen molar-refractivity contribution in [2.45, 2.75) is 26.9 Å². The molecule has 1 aromatic heterocycles. The highest BCUT2D eigenvalue weighted by Crippen LogP contribution is 2.15. The number of halogens is 1. The van der Waals surface area contributed by atoms with Gasteiger partial charge in [0.2, 0.25) is 0 Å². The summed E-state index contributed by atoms with van der Waals surface area (Å²) in [6.45, 7) is 5.14. The number of ether oxygens (including phenoxy) is 1. The number of hydrogen-bond donors (Lipinski definition) is 1. The minimum atomic E-state index is -1.06. The van der Waals surface area contributed by atoms with E-state index < -0.39 is 23.8 Å². The number of carbonyl (C=O) groups excluding carboxylic acids is 2. The summed E-state index contributed by atoms with van der Waals surface area (Å²) in [5.41, 5.74) is 2.55. The number of benzene rings is 1. The zero-order valence-electron chi connectivity index (χ0n) is 14.5. The molecule has 1 N–H and O–H groups in total. The molecule has 2 rings (SSSR count). The summed E-state index contributed by atoms with van der Waals surface area (Å²) in [5, 5.41) is 6.63. The third-order valence-corrected chi connectivity index (χ3v) is 3.74. The van der Waals surface area contributed by atoms with E-state index in [0.717, 1.165) is 17.0 Å². The molecule has 0 aliphatic rings. The number of nitrogens with zero attached hydrogens (tertiary/aromatic N) is 2. The zero-order valence-corrected chi connectivity index (χ0v) is 14.5. The van der Waals surface area contributed by atoms with Crippen LogP contribution >= 0.6 is 0 Å².